The van der Waals surface area contributed by atoms with Crippen molar-refractivity contribution < 1.29 is 28.8 Å². The first-order valence-electron chi connectivity index (χ1n) is 11.7. The first kappa shape index (κ1) is 26.8. The monoisotopic (exact) mass is 450 g/mol. The number of carbonyl (C=O) groups is 1. The van der Waals surface area contributed by atoms with Crippen LogP contribution in [-0.4, -0.2) is 61.4 Å². The van der Waals surface area contributed by atoms with E-state index in [0.29, 0.717) is 5.92 Å². The molecule has 1 N–H and O–H groups in total. The maximum atomic E-state index is 11.6. The molecule has 32 heavy (non-hydrogen) atoms. The third-order valence-electron chi connectivity index (χ3n) is 6.75. The Kier molecular flexibility index (Phi) is 9.70. The van der Waals surface area contributed by atoms with E-state index in [2.05, 4.69) is 51.2 Å². The van der Waals surface area contributed by atoms with Crippen LogP contribution in [0, 0.1) is 17.8 Å². The van der Waals surface area contributed by atoms with Gasteiger partial charge in [-0.1, -0.05) is 51.2 Å². The Balaban J connectivity index is 1.89. The normalized spacial score (nSPS) is 34.2. The van der Waals surface area contributed by atoms with Gasteiger partial charge in [-0.2, -0.15) is 0 Å². The molecule has 1 unspecified atom stereocenters. The van der Waals surface area contributed by atoms with Crippen LogP contribution in [0.4, 0.5) is 0 Å². The minimum Gasteiger partial charge on any atom is -0.469 e. The average molecular weight is 451 g/mol. The Hall–Kier alpha value is -1.47. The van der Waals surface area contributed by atoms with Gasteiger partial charge >= 0.3 is 5.97 Å². The molecule has 0 spiro atoms. The van der Waals surface area contributed by atoms with Crippen LogP contribution < -0.4 is 0 Å². The Morgan fingerprint density at radius 1 is 1.25 bits per heavy atom. The van der Waals surface area contributed by atoms with Crippen LogP contribution in [0.2, 0.25) is 0 Å². The third kappa shape index (κ3) is 7.01. The highest BCUT2D eigenvalue weighted by molar-refractivity contribution is 5.69. The zero-order chi connectivity index (χ0) is 24.1. The van der Waals surface area contributed by atoms with Crippen LogP contribution in [0.25, 0.3) is 0 Å². The predicted molar refractivity (Wildman–Crippen MR) is 125 cm³/mol. The largest absolute Gasteiger partial charge is 0.469 e. The van der Waals surface area contributed by atoms with Crippen molar-refractivity contribution in [2.45, 2.75) is 90.5 Å². The molecule has 2 aliphatic heterocycles. The van der Waals surface area contributed by atoms with Crippen molar-refractivity contribution in [2.24, 2.45) is 17.8 Å². The number of hydrogen-bond acceptors (Lipinski definition) is 6. The van der Waals surface area contributed by atoms with Crippen LogP contribution in [0.1, 0.15) is 54.4 Å². The molecule has 0 aliphatic carbocycles. The molecule has 0 bridgehead atoms. The van der Waals surface area contributed by atoms with Crippen molar-refractivity contribution >= 4 is 5.97 Å². The molecule has 2 rings (SSSR count). The van der Waals surface area contributed by atoms with E-state index in [9.17, 15) is 9.90 Å². The molecule has 0 aromatic rings. The third-order valence-corrected chi connectivity index (χ3v) is 6.75. The van der Waals surface area contributed by atoms with Crippen LogP contribution in [0.5, 0.6) is 0 Å². The van der Waals surface area contributed by atoms with E-state index in [4.69, 9.17) is 18.9 Å². The van der Waals surface area contributed by atoms with Crippen molar-refractivity contribution in [1.29, 1.82) is 0 Å². The van der Waals surface area contributed by atoms with E-state index in [1.807, 2.05) is 13.8 Å². The van der Waals surface area contributed by atoms with Crippen LogP contribution in [-0.2, 0) is 23.7 Å². The summed E-state index contributed by atoms with van der Waals surface area (Å²) in [6, 6.07) is 0. The number of carbonyl (C=O) groups excluding carboxylic acids is 1. The van der Waals surface area contributed by atoms with Gasteiger partial charge in [0.15, 0.2) is 0 Å². The van der Waals surface area contributed by atoms with Gasteiger partial charge in [-0.3, -0.25) is 4.79 Å². The summed E-state index contributed by atoms with van der Waals surface area (Å²) in [6.45, 7) is 12.2. The molecule has 0 aromatic heterocycles. The highest BCUT2D eigenvalue weighted by Gasteiger charge is 2.56. The van der Waals surface area contributed by atoms with Gasteiger partial charge in [0, 0.05) is 18.9 Å². The Morgan fingerprint density at radius 3 is 2.53 bits per heavy atom. The molecule has 6 heteroatoms. The molecular weight excluding hydrogens is 408 g/mol. The maximum Gasteiger partial charge on any atom is 0.308 e. The first-order valence-corrected chi connectivity index (χ1v) is 11.7. The second kappa shape index (κ2) is 11.6. The lowest BCUT2D eigenvalue weighted by Gasteiger charge is -2.30. The van der Waals surface area contributed by atoms with Gasteiger partial charge in [-0.05, 0) is 38.7 Å². The summed E-state index contributed by atoms with van der Waals surface area (Å²) in [4.78, 5) is 11.6. The molecule has 9 atom stereocenters. The number of hydrogen-bond donors (Lipinski definition) is 1. The molecule has 2 heterocycles. The van der Waals surface area contributed by atoms with Crippen molar-refractivity contribution in [2.75, 3.05) is 14.2 Å². The number of epoxide rings is 1. The van der Waals surface area contributed by atoms with E-state index >= 15 is 0 Å². The molecule has 0 amide bonds. The van der Waals surface area contributed by atoms with Crippen molar-refractivity contribution in [3.05, 3.63) is 36.0 Å². The minimum atomic E-state index is -0.528. The van der Waals surface area contributed by atoms with E-state index in [-0.39, 0.29) is 54.2 Å². The zero-order valence-corrected chi connectivity index (χ0v) is 20.9. The number of rotatable bonds is 11. The zero-order valence-electron chi connectivity index (χ0n) is 20.9. The lowest BCUT2D eigenvalue weighted by atomic mass is 9.86. The highest BCUT2D eigenvalue weighted by Crippen LogP contribution is 2.47. The smallest absolute Gasteiger partial charge is 0.308 e. The Labute approximate surface area is 193 Å². The summed E-state index contributed by atoms with van der Waals surface area (Å²) in [5, 5.41) is 9.94. The summed E-state index contributed by atoms with van der Waals surface area (Å²) in [6.07, 6.45) is 10.7. The van der Waals surface area contributed by atoms with Gasteiger partial charge in [0.05, 0.1) is 49.7 Å². The lowest BCUT2D eigenvalue weighted by molar-refractivity contribution is -0.145. The van der Waals surface area contributed by atoms with Crippen molar-refractivity contribution in [1.82, 2.24) is 0 Å². The highest BCUT2D eigenvalue weighted by atomic mass is 16.6. The van der Waals surface area contributed by atoms with E-state index in [0.717, 1.165) is 12.0 Å². The van der Waals surface area contributed by atoms with Gasteiger partial charge in [0.2, 0.25) is 0 Å². The number of allylic oxidation sites excluding steroid dienone is 3. The average Bonchev–Trinajstić information content (AvgIpc) is 3.39. The lowest BCUT2D eigenvalue weighted by Crippen LogP contribution is -2.36. The standard InChI is InChI=1S/C26H42O6/c1-16(15-26(6)25(32-26)19(4)24(30-8)20(5)27)10-9-11-17(2)21-13-12-18(3)22(31-21)14-23(28)29-7/h9-13,16,18-22,24-25,27H,14-15H2,1-8H3/b10-9+,17-11+/t16-,18+,19-,20-,21+,22+,24?,25-,26-/m1/s1. The molecule has 6 nitrogen and oxygen atoms in total. The molecule has 0 aromatic carbocycles. The van der Waals surface area contributed by atoms with Gasteiger partial charge in [0.1, 0.15) is 0 Å². The fraction of sp³-hybridized carbons (Fsp3) is 0.731. The Morgan fingerprint density at radius 2 is 1.94 bits per heavy atom. The summed E-state index contributed by atoms with van der Waals surface area (Å²) >= 11 is 0. The number of aliphatic hydroxyl groups excluding tert-OH is 1. The SMILES string of the molecule is COC(=O)C[C@@H]1O[C@H](/C(C)=C/C=C/[C@@H](C)C[C@@]2(C)O[C@@H]2[C@H](C)C(OC)[C@@H](C)O)C=C[C@@H]1C. The summed E-state index contributed by atoms with van der Waals surface area (Å²) in [5.74, 6) is 0.386. The van der Waals surface area contributed by atoms with Gasteiger partial charge in [-0.25, -0.2) is 0 Å². The predicted octanol–water partition coefficient (Wildman–Crippen LogP) is 4.23. The molecule has 2 aliphatic rings. The fourth-order valence-corrected chi connectivity index (χ4v) is 4.80. The molecule has 1 fully saturated rings. The molecule has 1 saturated heterocycles. The van der Waals surface area contributed by atoms with Crippen LogP contribution in [0.3, 0.4) is 0 Å². The minimum absolute atomic E-state index is 0.0877. The van der Waals surface area contributed by atoms with E-state index < -0.39 is 6.10 Å². The van der Waals surface area contributed by atoms with Gasteiger partial charge < -0.3 is 24.1 Å². The summed E-state index contributed by atoms with van der Waals surface area (Å²) < 4.78 is 22.4. The summed E-state index contributed by atoms with van der Waals surface area (Å²) in [7, 11) is 3.04. The van der Waals surface area contributed by atoms with Gasteiger partial charge in [-0.15, -0.1) is 0 Å². The maximum absolute atomic E-state index is 11.6. The molecule has 0 saturated carbocycles. The quantitative estimate of drug-likeness (QED) is 0.220. The molecular formula is C26H42O6. The number of aliphatic hydroxyl groups is 1. The number of methoxy groups -OCH3 is 2. The van der Waals surface area contributed by atoms with Crippen molar-refractivity contribution in [3.8, 4) is 0 Å². The molecule has 182 valence electrons. The Bertz CT molecular complexity index is 711. The van der Waals surface area contributed by atoms with Gasteiger partial charge in [0.25, 0.3) is 0 Å². The second-order valence-corrected chi connectivity index (χ2v) is 9.75. The van der Waals surface area contributed by atoms with Crippen molar-refractivity contribution in [3.63, 3.8) is 0 Å². The first-order chi connectivity index (χ1) is 15.0. The van der Waals surface area contributed by atoms with Crippen LogP contribution in [0.15, 0.2) is 36.0 Å². The summed E-state index contributed by atoms with van der Waals surface area (Å²) in [5.41, 5.74) is 0.895. The second-order valence-electron chi connectivity index (χ2n) is 9.75. The number of esters is 1. The fourth-order valence-electron chi connectivity index (χ4n) is 4.80. The topological polar surface area (TPSA) is 77.5 Å². The van der Waals surface area contributed by atoms with E-state index in [1.54, 1.807) is 14.0 Å². The van der Waals surface area contributed by atoms with E-state index in [1.165, 1.54) is 7.11 Å². The van der Waals surface area contributed by atoms with Crippen LogP contribution >= 0.6 is 0 Å². The molecule has 0 radical (unpaired) electrons. The number of ether oxygens (including phenoxy) is 4.